The molecule has 4 rings (SSSR count). The van der Waals surface area contributed by atoms with Gasteiger partial charge in [0.25, 0.3) is 5.91 Å². The SMILES string of the molecule is COc1ccc(C(=O)N2CCCC(c3nnnn3C3CCCC3)(N(C)C)C2)cc1F. The molecule has 30 heavy (non-hydrogen) atoms. The van der Waals surface area contributed by atoms with Crippen molar-refractivity contribution in [2.45, 2.75) is 50.1 Å². The van der Waals surface area contributed by atoms with E-state index in [0.29, 0.717) is 24.7 Å². The zero-order chi connectivity index (χ0) is 21.3. The maximum absolute atomic E-state index is 14.2. The molecule has 0 bridgehead atoms. The summed E-state index contributed by atoms with van der Waals surface area (Å²) in [5.74, 6) is 0.216. The first-order valence-electron chi connectivity index (χ1n) is 10.5. The summed E-state index contributed by atoms with van der Waals surface area (Å²) in [6, 6.07) is 4.66. The zero-order valence-electron chi connectivity index (χ0n) is 17.8. The van der Waals surface area contributed by atoms with Crippen molar-refractivity contribution in [2.24, 2.45) is 0 Å². The highest BCUT2D eigenvalue weighted by atomic mass is 19.1. The van der Waals surface area contributed by atoms with Crippen LogP contribution in [-0.2, 0) is 5.54 Å². The van der Waals surface area contributed by atoms with E-state index in [1.165, 1.54) is 32.1 Å². The number of halogens is 1. The molecule has 0 spiro atoms. The quantitative estimate of drug-likeness (QED) is 0.746. The average Bonchev–Trinajstić information content (AvgIpc) is 3.44. The maximum atomic E-state index is 14.2. The van der Waals surface area contributed by atoms with Crippen molar-refractivity contribution in [3.05, 3.63) is 35.4 Å². The van der Waals surface area contributed by atoms with Gasteiger partial charge in [-0.3, -0.25) is 9.69 Å². The Bertz CT molecular complexity index is 911. The van der Waals surface area contributed by atoms with Gasteiger partial charge in [-0.05, 0) is 68.4 Å². The lowest BCUT2D eigenvalue weighted by Gasteiger charge is -2.46. The third-order valence-electron chi connectivity index (χ3n) is 6.59. The minimum Gasteiger partial charge on any atom is -0.494 e. The van der Waals surface area contributed by atoms with Crippen molar-refractivity contribution in [1.29, 1.82) is 0 Å². The zero-order valence-corrected chi connectivity index (χ0v) is 17.8. The second kappa shape index (κ2) is 8.29. The molecule has 1 unspecified atom stereocenters. The molecule has 0 N–H and O–H groups in total. The van der Waals surface area contributed by atoms with Crippen LogP contribution in [0.3, 0.4) is 0 Å². The highest BCUT2D eigenvalue weighted by molar-refractivity contribution is 5.94. The highest BCUT2D eigenvalue weighted by Crippen LogP contribution is 2.38. The standard InChI is InChI=1S/C21H29FN6O2/c1-26(2)21(20-23-24-25-28(20)16-7-4-5-8-16)11-6-12-27(14-21)19(29)15-9-10-18(30-3)17(22)13-15/h9-10,13,16H,4-8,11-12,14H2,1-3H3. The molecule has 162 valence electrons. The number of aromatic nitrogens is 4. The minimum atomic E-state index is -0.538. The van der Waals surface area contributed by atoms with Gasteiger partial charge in [0.15, 0.2) is 17.4 Å². The number of carbonyl (C=O) groups excluding carboxylic acids is 1. The number of hydrogen-bond acceptors (Lipinski definition) is 6. The number of tetrazole rings is 1. The van der Waals surface area contributed by atoms with Crippen LogP contribution in [-0.4, -0.2) is 70.2 Å². The van der Waals surface area contributed by atoms with E-state index in [0.717, 1.165) is 31.5 Å². The van der Waals surface area contributed by atoms with Gasteiger partial charge in [0, 0.05) is 18.7 Å². The Morgan fingerprint density at radius 1 is 1.27 bits per heavy atom. The van der Waals surface area contributed by atoms with Gasteiger partial charge in [0.1, 0.15) is 5.54 Å². The van der Waals surface area contributed by atoms with Gasteiger partial charge in [-0.1, -0.05) is 12.8 Å². The molecule has 1 atom stereocenters. The molecule has 8 nitrogen and oxygen atoms in total. The molecule has 2 aliphatic rings. The van der Waals surface area contributed by atoms with E-state index in [4.69, 9.17) is 4.74 Å². The Morgan fingerprint density at radius 2 is 2.03 bits per heavy atom. The summed E-state index contributed by atoms with van der Waals surface area (Å²) in [7, 11) is 5.42. The summed E-state index contributed by atoms with van der Waals surface area (Å²) >= 11 is 0. The van der Waals surface area contributed by atoms with Gasteiger partial charge >= 0.3 is 0 Å². The number of hydrogen-bond donors (Lipinski definition) is 0. The number of carbonyl (C=O) groups is 1. The molecular formula is C21H29FN6O2. The molecule has 2 fully saturated rings. The van der Waals surface area contributed by atoms with E-state index in [1.54, 1.807) is 11.0 Å². The number of likely N-dealkylation sites (N-methyl/N-ethyl adjacent to an activating group) is 1. The van der Waals surface area contributed by atoms with Crippen LogP contribution in [0.5, 0.6) is 5.75 Å². The van der Waals surface area contributed by atoms with E-state index in [1.807, 2.05) is 18.8 Å². The van der Waals surface area contributed by atoms with Gasteiger partial charge in [-0.25, -0.2) is 9.07 Å². The topological polar surface area (TPSA) is 76.4 Å². The monoisotopic (exact) mass is 416 g/mol. The van der Waals surface area contributed by atoms with E-state index in [2.05, 4.69) is 20.4 Å². The van der Waals surface area contributed by atoms with Crippen LogP contribution in [0.2, 0.25) is 0 Å². The smallest absolute Gasteiger partial charge is 0.254 e. The normalized spacial score (nSPS) is 22.6. The lowest BCUT2D eigenvalue weighted by molar-refractivity contribution is 0.0249. The Balaban J connectivity index is 1.64. The first kappa shape index (κ1) is 20.7. The fourth-order valence-electron chi connectivity index (χ4n) is 4.83. The largest absolute Gasteiger partial charge is 0.494 e. The number of benzene rings is 1. The van der Waals surface area contributed by atoms with Crippen LogP contribution in [0.25, 0.3) is 0 Å². The summed E-state index contributed by atoms with van der Waals surface area (Å²) in [5, 5.41) is 12.7. The van der Waals surface area contributed by atoms with Gasteiger partial charge in [0.05, 0.1) is 13.2 Å². The molecule has 2 aromatic rings. The fourth-order valence-corrected chi connectivity index (χ4v) is 4.83. The predicted octanol–water partition coefficient (Wildman–Crippen LogP) is 2.63. The Hall–Kier alpha value is -2.55. The van der Waals surface area contributed by atoms with Gasteiger partial charge in [-0.15, -0.1) is 5.10 Å². The Kier molecular flexibility index (Phi) is 5.73. The third kappa shape index (κ3) is 3.55. The van der Waals surface area contributed by atoms with Crippen LogP contribution in [0.1, 0.15) is 60.7 Å². The lowest BCUT2D eigenvalue weighted by atomic mass is 9.86. The highest BCUT2D eigenvalue weighted by Gasteiger charge is 2.45. The number of ether oxygens (including phenoxy) is 1. The van der Waals surface area contributed by atoms with Crippen LogP contribution in [0, 0.1) is 5.82 Å². The lowest BCUT2D eigenvalue weighted by Crippen LogP contribution is -2.56. The third-order valence-corrected chi connectivity index (χ3v) is 6.59. The van der Waals surface area contributed by atoms with Crippen molar-refractivity contribution in [3.8, 4) is 5.75 Å². The molecule has 2 heterocycles. The van der Waals surface area contributed by atoms with E-state index >= 15 is 0 Å². The van der Waals surface area contributed by atoms with Gasteiger partial charge < -0.3 is 9.64 Å². The number of nitrogens with zero attached hydrogens (tertiary/aromatic N) is 6. The van der Waals surface area contributed by atoms with Crippen molar-refractivity contribution in [1.82, 2.24) is 30.0 Å². The minimum absolute atomic E-state index is 0.128. The van der Waals surface area contributed by atoms with Crippen LogP contribution in [0.4, 0.5) is 4.39 Å². The van der Waals surface area contributed by atoms with Crippen LogP contribution in [0.15, 0.2) is 18.2 Å². The van der Waals surface area contributed by atoms with Crippen molar-refractivity contribution >= 4 is 5.91 Å². The molecule has 1 saturated carbocycles. The molecule has 0 radical (unpaired) electrons. The molecule has 1 aliphatic carbocycles. The molecule has 9 heteroatoms. The summed E-state index contributed by atoms with van der Waals surface area (Å²) in [4.78, 5) is 17.1. The van der Waals surface area contributed by atoms with Gasteiger partial charge in [-0.2, -0.15) is 0 Å². The molecule has 1 saturated heterocycles. The van der Waals surface area contributed by atoms with E-state index in [9.17, 15) is 9.18 Å². The first-order chi connectivity index (χ1) is 14.5. The molecule has 1 aromatic carbocycles. The second-order valence-corrected chi connectivity index (χ2v) is 8.49. The Labute approximate surface area is 176 Å². The summed E-state index contributed by atoms with van der Waals surface area (Å²) in [6.07, 6.45) is 6.21. The van der Waals surface area contributed by atoms with Crippen molar-refractivity contribution < 1.29 is 13.9 Å². The number of piperidine rings is 1. The molecular weight excluding hydrogens is 387 g/mol. The maximum Gasteiger partial charge on any atom is 0.254 e. The van der Waals surface area contributed by atoms with Gasteiger partial charge in [0.2, 0.25) is 0 Å². The van der Waals surface area contributed by atoms with Crippen LogP contribution < -0.4 is 4.74 Å². The van der Waals surface area contributed by atoms with Crippen molar-refractivity contribution in [2.75, 3.05) is 34.3 Å². The second-order valence-electron chi connectivity index (χ2n) is 8.49. The average molecular weight is 417 g/mol. The number of amides is 1. The number of likely N-dealkylation sites (tertiary alicyclic amines) is 1. The Morgan fingerprint density at radius 3 is 2.70 bits per heavy atom. The first-order valence-corrected chi connectivity index (χ1v) is 10.5. The summed E-state index contributed by atoms with van der Waals surface area (Å²) < 4.78 is 21.1. The van der Waals surface area contributed by atoms with E-state index < -0.39 is 11.4 Å². The number of methoxy groups -OCH3 is 1. The number of rotatable bonds is 5. The van der Waals surface area contributed by atoms with Crippen LogP contribution >= 0.6 is 0 Å². The fraction of sp³-hybridized carbons (Fsp3) is 0.619. The molecule has 1 amide bonds. The predicted molar refractivity (Wildman–Crippen MR) is 109 cm³/mol. The van der Waals surface area contributed by atoms with E-state index in [-0.39, 0.29) is 11.7 Å². The molecule has 1 aliphatic heterocycles. The summed E-state index contributed by atoms with van der Waals surface area (Å²) in [6.45, 7) is 1.08. The molecule has 1 aromatic heterocycles. The summed E-state index contributed by atoms with van der Waals surface area (Å²) in [5.41, 5.74) is -0.163. The van der Waals surface area contributed by atoms with Crippen molar-refractivity contribution in [3.63, 3.8) is 0 Å².